The Bertz CT molecular complexity index is 725. The number of amides is 2. The van der Waals surface area contributed by atoms with Crippen LogP contribution in [0, 0.1) is 0 Å². The molecule has 2 aromatic rings. The molecular formula is C14H14N4O3. The third-order valence-electron chi connectivity index (χ3n) is 2.58. The second-order valence-electron chi connectivity index (χ2n) is 4.55. The van der Waals surface area contributed by atoms with E-state index in [0.29, 0.717) is 11.1 Å². The third kappa shape index (κ3) is 3.75. The number of fused-ring (bicyclic) bond motifs is 1. The van der Waals surface area contributed by atoms with Crippen molar-refractivity contribution in [3.8, 4) is 0 Å². The first-order valence-electron chi connectivity index (χ1n) is 6.11. The van der Waals surface area contributed by atoms with Crippen LogP contribution in [0.25, 0.3) is 10.9 Å². The highest BCUT2D eigenvalue weighted by molar-refractivity contribution is 6.01. The van der Waals surface area contributed by atoms with E-state index in [-0.39, 0.29) is 11.7 Å². The monoisotopic (exact) mass is 286 g/mol. The molecule has 2 rings (SSSR count). The fourth-order valence-electron chi connectivity index (χ4n) is 1.68. The zero-order valence-corrected chi connectivity index (χ0v) is 11.6. The van der Waals surface area contributed by atoms with Gasteiger partial charge in [-0.25, -0.2) is 9.78 Å². The summed E-state index contributed by atoms with van der Waals surface area (Å²) in [6.07, 6.45) is 0.261. The highest BCUT2D eigenvalue weighted by Crippen LogP contribution is 2.17. The van der Waals surface area contributed by atoms with Crippen molar-refractivity contribution in [2.45, 2.75) is 0 Å². The highest BCUT2D eigenvalue weighted by atomic mass is 16.4. The summed E-state index contributed by atoms with van der Waals surface area (Å²) in [7, 11) is 3.55. The van der Waals surface area contributed by atoms with E-state index in [1.165, 1.54) is 12.4 Å². The summed E-state index contributed by atoms with van der Waals surface area (Å²) in [5, 5.41) is 11.6. The summed E-state index contributed by atoms with van der Waals surface area (Å²) in [6.45, 7) is 0. The molecule has 0 fully saturated rings. The summed E-state index contributed by atoms with van der Waals surface area (Å²) < 4.78 is 0. The lowest BCUT2D eigenvalue weighted by atomic mass is 10.1. The van der Waals surface area contributed by atoms with Gasteiger partial charge in [0, 0.05) is 25.0 Å². The molecule has 0 unspecified atom stereocenters. The Morgan fingerprint density at radius 2 is 2.05 bits per heavy atom. The normalized spacial score (nSPS) is 10.8. The number of nitrogens with one attached hydrogen (secondary N) is 1. The minimum Gasteiger partial charge on any atom is -0.465 e. The third-order valence-corrected chi connectivity index (χ3v) is 2.58. The Morgan fingerprint density at radius 3 is 2.71 bits per heavy atom. The van der Waals surface area contributed by atoms with Crippen LogP contribution in [0.15, 0.2) is 35.3 Å². The second kappa shape index (κ2) is 6.00. The minimum absolute atomic E-state index is 0.236. The first-order valence-corrected chi connectivity index (χ1v) is 6.11. The van der Waals surface area contributed by atoms with Crippen LogP contribution in [0.5, 0.6) is 0 Å². The molecule has 7 nitrogen and oxygen atoms in total. The Kier molecular flexibility index (Phi) is 4.13. The number of anilines is 1. The number of benzene rings is 1. The minimum atomic E-state index is -1.17. The zero-order chi connectivity index (χ0) is 15.4. The largest absolute Gasteiger partial charge is 0.465 e. The number of carboxylic acid groups (broad SMARTS) is 1. The maximum absolute atomic E-state index is 11.9. The number of aromatic nitrogens is 1. The average Bonchev–Trinajstić information content (AvgIpc) is 2.43. The number of nitrogens with zero attached hydrogens (tertiary/aromatic N) is 3. The van der Waals surface area contributed by atoms with Crippen LogP contribution in [0.1, 0.15) is 10.4 Å². The van der Waals surface area contributed by atoms with Crippen LogP contribution in [-0.4, -0.2) is 47.4 Å². The van der Waals surface area contributed by atoms with Crippen molar-refractivity contribution in [2.75, 3.05) is 19.4 Å². The number of carbonyl (C=O) groups excluding carboxylic acids is 1. The average molecular weight is 286 g/mol. The number of carbonyl (C=O) groups is 2. The van der Waals surface area contributed by atoms with Gasteiger partial charge >= 0.3 is 6.09 Å². The molecule has 1 aromatic heterocycles. The molecular weight excluding hydrogens is 272 g/mol. The standard InChI is InChI=1S/C14H14N4O3/c1-18(2)8-15-13(19)10-3-5-11-9(7-10)4-6-12(16-11)17-14(20)21/h3-8H,1-2H3,(H,16,17)(H,20,21)/b15-8+. The summed E-state index contributed by atoms with van der Waals surface area (Å²) >= 11 is 0. The van der Waals surface area contributed by atoms with Gasteiger partial charge < -0.3 is 10.0 Å². The van der Waals surface area contributed by atoms with Crippen LogP contribution in [0.2, 0.25) is 0 Å². The lowest BCUT2D eigenvalue weighted by molar-refractivity contribution is 0.100. The molecule has 0 aliphatic carbocycles. The number of pyridine rings is 1. The van der Waals surface area contributed by atoms with Crippen molar-refractivity contribution < 1.29 is 14.7 Å². The lowest BCUT2D eigenvalue weighted by Crippen LogP contribution is -2.10. The topological polar surface area (TPSA) is 94.9 Å². The summed E-state index contributed by atoms with van der Waals surface area (Å²) in [5.74, 6) is -0.113. The second-order valence-corrected chi connectivity index (χ2v) is 4.55. The number of hydrogen-bond donors (Lipinski definition) is 2. The van der Waals surface area contributed by atoms with Gasteiger partial charge in [0.15, 0.2) is 0 Å². The van der Waals surface area contributed by atoms with E-state index in [9.17, 15) is 9.59 Å². The van der Waals surface area contributed by atoms with Gasteiger partial charge in [-0.05, 0) is 30.3 Å². The quantitative estimate of drug-likeness (QED) is 0.665. The van der Waals surface area contributed by atoms with Gasteiger partial charge in [-0.3, -0.25) is 10.1 Å². The van der Waals surface area contributed by atoms with Gasteiger partial charge in [-0.1, -0.05) is 0 Å². The van der Waals surface area contributed by atoms with Crippen LogP contribution < -0.4 is 5.32 Å². The van der Waals surface area contributed by atoms with E-state index in [0.717, 1.165) is 5.39 Å². The van der Waals surface area contributed by atoms with Gasteiger partial charge in [0.05, 0.1) is 11.9 Å². The van der Waals surface area contributed by atoms with E-state index in [1.54, 1.807) is 43.3 Å². The van der Waals surface area contributed by atoms with E-state index in [4.69, 9.17) is 5.11 Å². The summed E-state index contributed by atoms with van der Waals surface area (Å²) in [5.41, 5.74) is 1.04. The molecule has 2 amide bonds. The fraction of sp³-hybridized carbons (Fsp3) is 0.143. The molecule has 0 radical (unpaired) electrons. The van der Waals surface area contributed by atoms with Gasteiger partial charge in [0.2, 0.25) is 0 Å². The molecule has 21 heavy (non-hydrogen) atoms. The van der Waals surface area contributed by atoms with Crippen LogP contribution in [0.4, 0.5) is 10.6 Å². The predicted octanol–water partition coefficient (Wildman–Crippen LogP) is 2.05. The lowest BCUT2D eigenvalue weighted by Gasteiger charge is -2.04. The summed E-state index contributed by atoms with van der Waals surface area (Å²) in [4.78, 5) is 32.1. The summed E-state index contributed by atoms with van der Waals surface area (Å²) in [6, 6.07) is 8.16. The first kappa shape index (κ1) is 14.4. The molecule has 0 saturated heterocycles. The van der Waals surface area contributed by atoms with Crippen LogP contribution >= 0.6 is 0 Å². The Hall–Kier alpha value is -2.96. The molecule has 7 heteroatoms. The van der Waals surface area contributed by atoms with E-state index < -0.39 is 6.09 Å². The van der Waals surface area contributed by atoms with Gasteiger partial charge in [-0.2, -0.15) is 4.99 Å². The number of rotatable bonds is 3. The molecule has 2 N–H and O–H groups in total. The Balaban J connectivity index is 2.30. The van der Waals surface area contributed by atoms with E-state index >= 15 is 0 Å². The first-order chi connectivity index (χ1) is 9.95. The van der Waals surface area contributed by atoms with E-state index in [2.05, 4.69) is 15.3 Å². The molecule has 0 bridgehead atoms. The molecule has 0 aliphatic heterocycles. The van der Waals surface area contributed by atoms with E-state index in [1.807, 2.05) is 0 Å². The maximum atomic E-state index is 11.9. The molecule has 0 saturated carbocycles. The maximum Gasteiger partial charge on any atom is 0.410 e. The molecule has 0 aliphatic rings. The number of aliphatic imine (C=N–C) groups is 1. The molecule has 1 aromatic carbocycles. The van der Waals surface area contributed by atoms with Crippen molar-refractivity contribution in [3.05, 3.63) is 35.9 Å². The van der Waals surface area contributed by atoms with Crippen LogP contribution in [0.3, 0.4) is 0 Å². The molecule has 1 heterocycles. The van der Waals surface area contributed by atoms with Crippen molar-refractivity contribution >= 4 is 35.1 Å². The van der Waals surface area contributed by atoms with Crippen molar-refractivity contribution in [2.24, 2.45) is 4.99 Å². The van der Waals surface area contributed by atoms with Crippen LogP contribution in [-0.2, 0) is 0 Å². The zero-order valence-electron chi connectivity index (χ0n) is 11.6. The molecule has 0 atom stereocenters. The van der Waals surface area contributed by atoms with Crippen molar-refractivity contribution in [1.82, 2.24) is 9.88 Å². The smallest absolute Gasteiger partial charge is 0.410 e. The Morgan fingerprint density at radius 1 is 1.29 bits per heavy atom. The van der Waals surface area contributed by atoms with Gasteiger partial charge in [0.25, 0.3) is 5.91 Å². The Labute approximate surface area is 120 Å². The van der Waals surface area contributed by atoms with Crippen molar-refractivity contribution in [1.29, 1.82) is 0 Å². The molecule has 0 spiro atoms. The predicted molar refractivity (Wildman–Crippen MR) is 79.9 cm³/mol. The van der Waals surface area contributed by atoms with Crippen molar-refractivity contribution in [3.63, 3.8) is 0 Å². The SMILES string of the molecule is CN(C)/C=N/C(=O)c1ccc2nc(NC(=O)O)ccc2c1. The fourth-order valence-corrected chi connectivity index (χ4v) is 1.68. The number of hydrogen-bond acceptors (Lipinski definition) is 3. The van der Waals surface area contributed by atoms with Gasteiger partial charge in [-0.15, -0.1) is 0 Å². The highest BCUT2D eigenvalue weighted by Gasteiger charge is 2.06. The van der Waals surface area contributed by atoms with Gasteiger partial charge in [0.1, 0.15) is 5.82 Å². The molecule has 108 valence electrons.